The number of carbonyl (C=O) groups excluding carboxylic acids is 3. The Morgan fingerprint density at radius 1 is 0.971 bits per heavy atom. The predicted molar refractivity (Wildman–Crippen MR) is 132 cm³/mol. The van der Waals surface area contributed by atoms with E-state index in [1.807, 2.05) is 19.9 Å². The zero-order valence-corrected chi connectivity index (χ0v) is 20.0. The number of aliphatic hydroxyl groups excluding tert-OH is 1. The minimum atomic E-state index is -0.907. The van der Waals surface area contributed by atoms with Crippen LogP contribution >= 0.6 is 0 Å². The van der Waals surface area contributed by atoms with E-state index in [1.54, 1.807) is 68.7 Å². The second-order valence-electron chi connectivity index (χ2n) is 8.75. The first-order valence-corrected chi connectivity index (χ1v) is 11.3. The van der Waals surface area contributed by atoms with Crippen LogP contribution in [0.1, 0.15) is 52.5 Å². The van der Waals surface area contributed by atoms with E-state index in [-0.39, 0.29) is 23.0 Å². The monoisotopic (exact) mass is 470 g/mol. The standard InChI is InChI=1S/C28H26N2O5/c1-16(2)35-28(34)21-6-5-7-22(15-21)30-24(19-10-12-29-13-11-19)23(26(32)27(30)33)25(31)20-9-8-17(3)18(4)14-20/h5-16,24,31H,1-4H3/b25-23+. The molecule has 1 aromatic heterocycles. The van der Waals surface area contributed by atoms with Crippen molar-refractivity contribution in [2.24, 2.45) is 0 Å². The Labute approximate surface area is 203 Å². The fourth-order valence-electron chi connectivity index (χ4n) is 4.07. The van der Waals surface area contributed by atoms with Gasteiger partial charge in [-0.15, -0.1) is 0 Å². The number of aryl methyl sites for hydroxylation is 2. The van der Waals surface area contributed by atoms with Crippen LogP contribution in [-0.2, 0) is 14.3 Å². The van der Waals surface area contributed by atoms with E-state index in [0.717, 1.165) is 11.1 Å². The molecular weight excluding hydrogens is 444 g/mol. The fourth-order valence-corrected chi connectivity index (χ4v) is 4.07. The Bertz CT molecular complexity index is 1340. The molecule has 0 aliphatic carbocycles. The zero-order chi connectivity index (χ0) is 25.3. The van der Waals surface area contributed by atoms with Gasteiger partial charge in [-0.3, -0.25) is 19.5 Å². The lowest BCUT2D eigenvalue weighted by Gasteiger charge is -2.25. The van der Waals surface area contributed by atoms with Gasteiger partial charge in [0.05, 0.1) is 23.3 Å². The molecule has 178 valence electrons. The van der Waals surface area contributed by atoms with Gasteiger partial charge in [-0.1, -0.05) is 18.2 Å². The summed E-state index contributed by atoms with van der Waals surface area (Å²) >= 11 is 0. The van der Waals surface area contributed by atoms with Gasteiger partial charge < -0.3 is 9.84 Å². The third-order valence-corrected chi connectivity index (χ3v) is 5.95. The van der Waals surface area contributed by atoms with Gasteiger partial charge in [0.15, 0.2) is 0 Å². The van der Waals surface area contributed by atoms with Crippen LogP contribution in [0.2, 0.25) is 0 Å². The Balaban J connectivity index is 1.89. The molecule has 0 saturated carbocycles. The molecule has 4 rings (SSSR count). The highest BCUT2D eigenvalue weighted by atomic mass is 16.5. The van der Waals surface area contributed by atoms with E-state index in [1.165, 1.54) is 11.0 Å². The summed E-state index contributed by atoms with van der Waals surface area (Å²) in [5, 5.41) is 11.3. The normalized spacial score (nSPS) is 17.2. The summed E-state index contributed by atoms with van der Waals surface area (Å²) in [6.45, 7) is 7.35. The molecule has 0 bridgehead atoms. The lowest BCUT2D eigenvalue weighted by molar-refractivity contribution is -0.132. The lowest BCUT2D eigenvalue weighted by Crippen LogP contribution is -2.29. The summed E-state index contributed by atoms with van der Waals surface area (Å²) in [4.78, 5) is 44.4. The van der Waals surface area contributed by atoms with Crippen molar-refractivity contribution in [3.05, 3.63) is 100 Å². The summed E-state index contributed by atoms with van der Waals surface area (Å²) in [7, 11) is 0. The third kappa shape index (κ3) is 4.57. The van der Waals surface area contributed by atoms with Gasteiger partial charge in [0.25, 0.3) is 11.7 Å². The van der Waals surface area contributed by atoms with Crippen molar-refractivity contribution >= 4 is 29.1 Å². The predicted octanol–water partition coefficient (Wildman–Crippen LogP) is 4.89. The minimum absolute atomic E-state index is 0.0281. The first-order valence-electron chi connectivity index (χ1n) is 11.3. The van der Waals surface area contributed by atoms with E-state index in [9.17, 15) is 19.5 Å². The molecule has 1 fully saturated rings. The Morgan fingerprint density at radius 2 is 1.69 bits per heavy atom. The van der Waals surface area contributed by atoms with Crippen LogP contribution in [0.4, 0.5) is 5.69 Å². The number of aromatic nitrogens is 1. The molecule has 1 amide bonds. The number of carbonyl (C=O) groups is 3. The van der Waals surface area contributed by atoms with Crippen molar-refractivity contribution in [3.8, 4) is 0 Å². The summed E-state index contributed by atoms with van der Waals surface area (Å²) in [5.74, 6) is -2.40. The number of nitrogens with zero attached hydrogens (tertiary/aromatic N) is 2. The smallest absolute Gasteiger partial charge is 0.338 e. The molecular formula is C28H26N2O5. The quantitative estimate of drug-likeness (QED) is 0.247. The van der Waals surface area contributed by atoms with Crippen molar-refractivity contribution in [3.63, 3.8) is 0 Å². The maximum Gasteiger partial charge on any atom is 0.338 e. The second kappa shape index (κ2) is 9.54. The highest BCUT2D eigenvalue weighted by Crippen LogP contribution is 2.42. The van der Waals surface area contributed by atoms with Gasteiger partial charge in [-0.05, 0) is 80.8 Å². The number of aliphatic hydroxyl groups is 1. The van der Waals surface area contributed by atoms with Gasteiger partial charge in [-0.25, -0.2) is 4.79 Å². The number of hydrogen-bond acceptors (Lipinski definition) is 6. The molecule has 1 unspecified atom stereocenters. The molecule has 1 aliphatic rings. The Morgan fingerprint density at radius 3 is 2.34 bits per heavy atom. The van der Waals surface area contributed by atoms with Crippen molar-refractivity contribution in [2.75, 3.05) is 4.90 Å². The van der Waals surface area contributed by atoms with Gasteiger partial charge in [0.2, 0.25) is 0 Å². The maximum atomic E-state index is 13.3. The topological polar surface area (TPSA) is 96.8 Å². The van der Waals surface area contributed by atoms with Crippen molar-refractivity contribution in [2.45, 2.75) is 39.8 Å². The van der Waals surface area contributed by atoms with Crippen molar-refractivity contribution < 1.29 is 24.2 Å². The summed E-state index contributed by atoms with van der Waals surface area (Å²) in [5.41, 5.74) is 3.59. The average Bonchev–Trinajstić information content (AvgIpc) is 3.11. The number of ketones is 1. The van der Waals surface area contributed by atoms with E-state index in [0.29, 0.717) is 16.8 Å². The molecule has 7 heteroatoms. The van der Waals surface area contributed by atoms with E-state index < -0.39 is 23.7 Å². The molecule has 0 spiro atoms. The third-order valence-electron chi connectivity index (χ3n) is 5.95. The van der Waals surface area contributed by atoms with Crippen LogP contribution in [-0.4, -0.2) is 33.9 Å². The molecule has 1 aliphatic heterocycles. The Kier molecular flexibility index (Phi) is 6.51. The molecule has 1 atom stereocenters. The first kappa shape index (κ1) is 23.9. The molecule has 35 heavy (non-hydrogen) atoms. The van der Waals surface area contributed by atoms with Gasteiger partial charge in [0, 0.05) is 23.6 Å². The number of rotatable bonds is 5. The van der Waals surface area contributed by atoms with E-state index >= 15 is 0 Å². The van der Waals surface area contributed by atoms with Gasteiger partial charge >= 0.3 is 5.97 Å². The van der Waals surface area contributed by atoms with Crippen molar-refractivity contribution in [1.82, 2.24) is 4.98 Å². The number of benzene rings is 2. The lowest BCUT2D eigenvalue weighted by atomic mass is 9.94. The van der Waals surface area contributed by atoms with Crippen molar-refractivity contribution in [1.29, 1.82) is 0 Å². The van der Waals surface area contributed by atoms with Crippen LogP contribution in [0.3, 0.4) is 0 Å². The Hall–Kier alpha value is -4.26. The second-order valence-corrected chi connectivity index (χ2v) is 8.75. The molecule has 1 N–H and O–H groups in total. The summed E-state index contributed by atoms with van der Waals surface area (Å²) in [6, 6.07) is 14.2. The SMILES string of the molecule is Cc1ccc(/C(O)=C2\C(=O)C(=O)N(c3cccc(C(=O)OC(C)C)c3)C2c2ccncc2)cc1C. The maximum absolute atomic E-state index is 13.3. The number of Topliss-reactive ketones (excluding diaryl/α,β-unsaturated/α-hetero) is 1. The molecule has 7 nitrogen and oxygen atoms in total. The molecule has 2 aromatic carbocycles. The largest absolute Gasteiger partial charge is 0.507 e. The molecule has 0 radical (unpaired) electrons. The molecule has 3 aromatic rings. The number of hydrogen-bond donors (Lipinski definition) is 1. The van der Waals surface area contributed by atoms with E-state index in [2.05, 4.69) is 4.98 Å². The zero-order valence-electron chi connectivity index (χ0n) is 20.0. The number of anilines is 1. The molecule has 1 saturated heterocycles. The molecule has 2 heterocycles. The highest BCUT2D eigenvalue weighted by molar-refractivity contribution is 6.51. The number of esters is 1. The van der Waals surface area contributed by atoms with Gasteiger partial charge in [0.1, 0.15) is 5.76 Å². The summed E-state index contributed by atoms with van der Waals surface area (Å²) < 4.78 is 5.28. The first-order chi connectivity index (χ1) is 16.7. The minimum Gasteiger partial charge on any atom is -0.507 e. The highest BCUT2D eigenvalue weighted by Gasteiger charge is 2.47. The van der Waals surface area contributed by atoms with E-state index in [4.69, 9.17) is 4.74 Å². The number of amides is 1. The average molecular weight is 471 g/mol. The van der Waals surface area contributed by atoms with Gasteiger partial charge in [-0.2, -0.15) is 0 Å². The summed E-state index contributed by atoms with van der Waals surface area (Å²) in [6.07, 6.45) is 2.80. The van der Waals surface area contributed by atoms with Crippen LogP contribution in [0.25, 0.3) is 5.76 Å². The fraction of sp³-hybridized carbons (Fsp3) is 0.214. The van der Waals surface area contributed by atoms with Crippen LogP contribution in [0.5, 0.6) is 0 Å². The van der Waals surface area contributed by atoms with Crippen LogP contribution < -0.4 is 4.90 Å². The number of ether oxygens (including phenoxy) is 1. The van der Waals surface area contributed by atoms with Crippen LogP contribution in [0.15, 0.2) is 72.6 Å². The number of pyridine rings is 1. The van der Waals surface area contributed by atoms with Crippen LogP contribution in [0, 0.1) is 13.8 Å².